The van der Waals surface area contributed by atoms with E-state index in [-0.39, 0.29) is 30.1 Å². The second-order valence-corrected chi connectivity index (χ2v) is 11.6. The molecule has 0 aliphatic carbocycles. The second kappa shape index (κ2) is 12.8. The third kappa shape index (κ3) is 6.39. The number of hydrogen-bond donors (Lipinski definition) is 1. The normalized spacial score (nSPS) is 19.9. The average molecular weight is 558 g/mol. The number of fused-ring (bicyclic) bond motifs is 1. The summed E-state index contributed by atoms with van der Waals surface area (Å²) >= 11 is 0. The molecule has 0 aromatic heterocycles. The highest BCUT2D eigenvalue weighted by molar-refractivity contribution is 6.01. The lowest BCUT2D eigenvalue weighted by Crippen LogP contribution is -2.32. The summed E-state index contributed by atoms with van der Waals surface area (Å²) in [5.74, 6) is -1.46. The molecule has 0 spiro atoms. The molecule has 1 atom stereocenters. The van der Waals surface area contributed by atoms with Gasteiger partial charge in [-0.25, -0.2) is 4.79 Å². The van der Waals surface area contributed by atoms with Crippen LogP contribution in [0.25, 0.3) is 0 Å². The van der Waals surface area contributed by atoms with E-state index in [0.29, 0.717) is 11.5 Å². The molecule has 7 heteroatoms. The van der Waals surface area contributed by atoms with Crippen molar-refractivity contribution in [1.29, 1.82) is 0 Å². The Balaban J connectivity index is 1.50. The fourth-order valence-electron chi connectivity index (χ4n) is 6.06. The van der Waals surface area contributed by atoms with Crippen LogP contribution >= 0.6 is 0 Å². The predicted octanol–water partition coefficient (Wildman–Crippen LogP) is 6.80. The Morgan fingerprint density at radius 2 is 1.73 bits per heavy atom. The number of carbonyl (C=O) groups is 3. The van der Waals surface area contributed by atoms with E-state index in [1.165, 1.54) is 28.2 Å². The zero-order chi connectivity index (χ0) is 29.6. The molecular formula is C34H43N3O4. The number of carbonyl (C=O) groups excluding carboxylic acids is 3. The smallest absolute Gasteiger partial charge is 0.333 e. The molecule has 218 valence electrons. The average Bonchev–Trinajstić information content (AvgIpc) is 3.39. The second-order valence-electron chi connectivity index (χ2n) is 11.6. The van der Waals surface area contributed by atoms with Crippen LogP contribution in [0.3, 0.4) is 0 Å². The van der Waals surface area contributed by atoms with Gasteiger partial charge in [0.2, 0.25) is 0 Å². The standard InChI is InChI=1S/C34H43N3O4/c1-6-35-27-17-10-8-15-25(27)33(3,4)23-13-12-19-29-34(5,26-16-9-11-18-28(26)36(29)7-2)24-14-20-32(40)41-37-30(38)21-22-31(37)39/h8-13,15-19,35H,6-7,14,20-24H2,1-5H3/b13-12+,29-19+. The van der Waals surface area contributed by atoms with Crippen molar-refractivity contribution in [2.75, 3.05) is 23.3 Å². The highest BCUT2D eigenvalue weighted by Gasteiger charge is 2.42. The molecule has 1 saturated heterocycles. The Morgan fingerprint density at radius 1 is 1.05 bits per heavy atom. The molecule has 1 fully saturated rings. The molecule has 41 heavy (non-hydrogen) atoms. The number of anilines is 2. The molecule has 7 nitrogen and oxygen atoms in total. The van der Waals surface area contributed by atoms with Crippen molar-refractivity contribution in [1.82, 2.24) is 5.06 Å². The van der Waals surface area contributed by atoms with Gasteiger partial charge in [0.25, 0.3) is 11.8 Å². The molecule has 2 amide bonds. The summed E-state index contributed by atoms with van der Waals surface area (Å²) in [6.45, 7) is 12.8. The molecule has 4 rings (SSSR count). The van der Waals surface area contributed by atoms with Crippen molar-refractivity contribution in [2.45, 2.75) is 84.0 Å². The maximum Gasteiger partial charge on any atom is 0.333 e. The molecule has 2 heterocycles. The van der Waals surface area contributed by atoms with Gasteiger partial charge in [0.1, 0.15) is 0 Å². The van der Waals surface area contributed by atoms with Crippen LogP contribution in [-0.4, -0.2) is 35.9 Å². The minimum Gasteiger partial charge on any atom is -0.385 e. The van der Waals surface area contributed by atoms with Crippen molar-refractivity contribution in [3.63, 3.8) is 0 Å². The van der Waals surface area contributed by atoms with Gasteiger partial charge >= 0.3 is 5.97 Å². The van der Waals surface area contributed by atoms with E-state index >= 15 is 0 Å². The Labute approximate surface area is 244 Å². The fraction of sp³-hybridized carbons (Fsp3) is 0.441. The predicted molar refractivity (Wildman–Crippen MR) is 163 cm³/mol. The van der Waals surface area contributed by atoms with Gasteiger partial charge in [-0.15, -0.1) is 5.06 Å². The highest BCUT2D eigenvalue weighted by Crippen LogP contribution is 2.50. The number of hydroxylamine groups is 2. The van der Waals surface area contributed by atoms with E-state index < -0.39 is 17.8 Å². The number of rotatable bonds is 12. The Kier molecular flexibility index (Phi) is 9.36. The van der Waals surface area contributed by atoms with Gasteiger partial charge in [-0.1, -0.05) is 62.4 Å². The van der Waals surface area contributed by atoms with Crippen LogP contribution < -0.4 is 10.2 Å². The van der Waals surface area contributed by atoms with Crippen molar-refractivity contribution < 1.29 is 19.2 Å². The number of hydrogen-bond acceptors (Lipinski definition) is 6. The highest BCUT2D eigenvalue weighted by atomic mass is 16.7. The first kappa shape index (κ1) is 30.1. The van der Waals surface area contributed by atoms with Crippen LogP contribution in [0.15, 0.2) is 72.5 Å². The monoisotopic (exact) mass is 557 g/mol. The summed E-state index contributed by atoms with van der Waals surface area (Å²) in [6, 6.07) is 17.0. The number of para-hydroxylation sites is 2. The van der Waals surface area contributed by atoms with E-state index in [9.17, 15) is 14.4 Å². The number of benzene rings is 2. The molecule has 0 saturated carbocycles. The summed E-state index contributed by atoms with van der Waals surface area (Å²) in [5.41, 5.74) is 5.76. The van der Waals surface area contributed by atoms with Crippen LogP contribution in [-0.2, 0) is 30.1 Å². The van der Waals surface area contributed by atoms with E-state index in [1.54, 1.807) is 0 Å². The lowest BCUT2D eigenvalue weighted by Gasteiger charge is -2.30. The zero-order valence-corrected chi connectivity index (χ0v) is 25.0. The molecule has 1 N–H and O–H groups in total. The third-order valence-electron chi connectivity index (χ3n) is 8.26. The van der Waals surface area contributed by atoms with Gasteiger partial charge in [0, 0.05) is 54.8 Å². The topological polar surface area (TPSA) is 79.0 Å². The largest absolute Gasteiger partial charge is 0.385 e. The summed E-state index contributed by atoms with van der Waals surface area (Å²) in [7, 11) is 0. The molecule has 1 unspecified atom stereocenters. The molecule has 0 bridgehead atoms. The number of likely N-dealkylation sites (N-methyl/N-ethyl adjacent to an activating group) is 1. The van der Waals surface area contributed by atoms with Crippen LogP contribution in [0.5, 0.6) is 0 Å². The van der Waals surface area contributed by atoms with Gasteiger partial charge in [-0.2, -0.15) is 0 Å². The summed E-state index contributed by atoms with van der Waals surface area (Å²) in [6.07, 6.45) is 9.11. The van der Waals surface area contributed by atoms with Gasteiger partial charge in [-0.3, -0.25) is 9.59 Å². The molecule has 2 aromatic rings. The van der Waals surface area contributed by atoms with Gasteiger partial charge in [-0.05, 0) is 74.8 Å². The van der Waals surface area contributed by atoms with Crippen molar-refractivity contribution in [2.24, 2.45) is 0 Å². The minimum atomic E-state index is -0.554. The zero-order valence-electron chi connectivity index (χ0n) is 25.0. The van der Waals surface area contributed by atoms with E-state index in [4.69, 9.17) is 4.84 Å². The first-order valence-corrected chi connectivity index (χ1v) is 14.8. The molecule has 2 aliphatic rings. The number of imide groups is 1. The van der Waals surface area contributed by atoms with E-state index in [1.807, 2.05) is 0 Å². The quantitative estimate of drug-likeness (QED) is 0.289. The SMILES string of the molecule is CCNc1ccccc1C(C)(C)C/C=C/C=C1/N(CC)c2ccccc2C1(C)CCCC(=O)ON1C(=O)CCC1=O. The summed E-state index contributed by atoms with van der Waals surface area (Å²) < 4.78 is 0. The summed E-state index contributed by atoms with van der Waals surface area (Å²) in [5, 5.41) is 4.12. The van der Waals surface area contributed by atoms with Gasteiger partial charge < -0.3 is 15.1 Å². The lowest BCUT2D eigenvalue weighted by molar-refractivity contribution is -0.197. The third-order valence-corrected chi connectivity index (χ3v) is 8.26. The number of allylic oxidation sites excluding steroid dienone is 4. The van der Waals surface area contributed by atoms with Crippen molar-refractivity contribution >= 4 is 29.2 Å². The molecular weight excluding hydrogens is 514 g/mol. The van der Waals surface area contributed by atoms with E-state index in [0.717, 1.165) is 25.9 Å². The first-order valence-electron chi connectivity index (χ1n) is 14.8. The van der Waals surface area contributed by atoms with Crippen LogP contribution in [0.1, 0.15) is 84.3 Å². The number of nitrogens with zero attached hydrogens (tertiary/aromatic N) is 2. The van der Waals surface area contributed by atoms with E-state index in [2.05, 4.69) is 112 Å². The first-order chi connectivity index (χ1) is 19.6. The molecule has 0 radical (unpaired) electrons. The minimum absolute atomic E-state index is 0.0430. The lowest BCUT2D eigenvalue weighted by atomic mass is 9.77. The Hall–Kier alpha value is -3.87. The van der Waals surface area contributed by atoms with Crippen molar-refractivity contribution in [3.8, 4) is 0 Å². The number of nitrogens with one attached hydrogen (secondary N) is 1. The Bertz CT molecular complexity index is 1330. The molecule has 2 aliphatic heterocycles. The van der Waals surface area contributed by atoms with Crippen LogP contribution in [0, 0.1) is 0 Å². The number of amides is 2. The summed E-state index contributed by atoms with van der Waals surface area (Å²) in [4.78, 5) is 43.6. The van der Waals surface area contributed by atoms with Crippen LogP contribution in [0.4, 0.5) is 11.4 Å². The van der Waals surface area contributed by atoms with Gasteiger partial charge in [0.05, 0.1) is 0 Å². The maximum atomic E-state index is 12.5. The maximum absolute atomic E-state index is 12.5. The van der Waals surface area contributed by atoms with Gasteiger partial charge in [0.15, 0.2) is 0 Å². The van der Waals surface area contributed by atoms with Crippen LogP contribution in [0.2, 0.25) is 0 Å². The molecule has 2 aromatic carbocycles. The Morgan fingerprint density at radius 3 is 2.44 bits per heavy atom. The van der Waals surface area contributed by atoms with Crippen molar-refractivity contribution in [3.05, 3.63) is 83.6 Å². The fourth-order valence-corrected chi connectivity index (χ4v) is 6.06.